The number of rotatable bonds is 3. The van der Waals surface area contributed by atoms with Crippen LogP contribution in [0.1, 0.15) is 12.0 Å². The molecule has 1 aromatic heterocycles. The van der Waals surface area contributed by atoms with Crippen molar-refractivity contribution in [1.29, 1.82) is 0 Å². The number of allylic oxidation sites excluding steroid dienone is 2. The van der Waals surface area contributed by atoms with Crippen molar-refractivity contribution in [2.75, 3.05) is 0 Å². The van der Waals surface area contributed by atoms with Crippen LogP contribution in [0, 0.1) is 6.92 Å². The molecule has 1 aromatic carbocycles. The lowest BCUT2D eigenvalue weighted by Crippen LogP contribution is -1.80. The molecule has 2 aromatic rings. The van der Waals surface area contributed by atoms with Crippen molar-refractivity contribution in [2.45, 2.75) is 12.8 Å². The van der Waals surface area contributed by atoms with E-state index in [-0.39, 0.29) is 0 Å². The van der Waals surface area contributed by atoms with Crippen molar-refractivity contribution in [2.24, 2.45) is 0 Å². The molecule has 0 amide bonds. The zero-order valence-electron chi connectivity index (χ0n) is 8.07. The molecule has 71 valence electrons. The number of fused-ring (bicyclic) bond motifs is 1. The maximum absolute atomic E-state index is 5.33. The van der Waals surface area contributed by atoms with Crippen LogP contribution in [0.2, 0.25) is 0 Å². The SMILES string of the molecule is [CH2]CC=CCc1cccc2occc12. The van der Waals surface area contributed by atoms with E-state index in [1.807, 2.05) is 18.2 Å². The minimum absolute atomic E-state index is 0.849. The van der Waals surface area contributed by atoms with Gasteiger partial charge in [0.2, 0.25) is 0 Å². The Hall–Kier alpha value is -1.50. The van der Waals surface area contributed by atoms with Gasteiger partial charge >= 0.3 is 0 Å². The molecule has 0 bridgehead atoms. The van der Waals surface area contributed by atoms with Gasteiger partial charge < -0.3 is 4.42 Å². The summed E-state index contributed by atoms with van der Waals surface area (Å²) < 4.78 is 5.33. The molecular formula is C13H13O. The lowest BCUT2D eigenvalue weighted by molar-refractivity contribution is 0.616. The van der Waals surface area contributed by atoms with E-state index >= 15 is 0 Å². The molecule has 0 atom stereocenters. The van der Waals surface area contributed by atoms with Gasteiger partial charge in [-0.2, -0.15) is 0 Å². The van der Waals surface area contributed by atoms with Gasteiger partial charge in [-0.3, -0.25) is 0 Å². The first-order valence-corrected chi connectivity index (χ1v) is 4.81. The predicted molar refractivity (Wildman–Crippen MR) is 59.0 cm³/mol. The number of furan rings is 1. The number of hydrogen-bond acceptors (Lipinski definition) is 1. The van der Waals surface area contributed by atoms with E-state index in [1.165, 1.54) is 10.9 Å². The molecule has 0 unspecified atom stereocenters. The largest absolute Gasteiger partial charge is 0.464 e. The number of benzene rings is 1. The minimum atomic E-state index is 0.849. The fourth-order valence-corrected chi connectivity index (χ4v) is 1.56. The Labute approximate surface area is 84.0 Å². The normalized spacial score (nSPS) is 11.5. The molecule has 0 fully saturated rings. The first-order valence-electron chi connectivity index (χ1n) is 4.81. The van der Waals surface area contributed by atoms with E-state index < -0.39 is 0 Å². The molecule has 0 N–H and O–H groups in total. The Morgan fingerprint density at radius 1 is 1.21 bits per heavy atom. The minimum Gasteiger partial charge on any atom is -0.464 e. The highest BCUT2D eigenvalue weighted by Crippen LogP contribution is 2.20. The first-order chi connectivity index (χ1) is 6.92. The molecule has 2 rings (SSSR count). The summed E-state index contributed by atoms with van der Waals surface area (Å²) in [5, 5.41) is 1.21. The van der Waals surface area contributed by atoms with Gasteiger partial charge in [0.1, 0.15) is 5.58 Å². The molecule has 0 aliphatic rings. The van der Waals surface area contributed by atoms with Crippen molar-refractivity contribution < 1.29 is 4.42 Å². The summed E-state index contributed by atoms with van der Waals surface area (Å²) in [6, 6.07) is 8.16. The second-order valence-electron chi connectivity index (χ2n) is 3.21. The van der Waals surface area contributed by atoms with Gasteiger partial charge in [0, 0.05) is 5.39 Å². The fraction of sp³-hybridized carbons (Fsp3) is 0.154. The third kappa shape index (κ3) is 1.72. The van der Waals surface area contributed by atoms with Crippen LogP contribution in [-0.4, -0.2) is 0 Å². The average Bonchev–Trinajstić information content (AvgIpc) is 2.67. The van der Waals surface area contributed by atoms with Crippen LogP contribution in [0.25, 0.3) is 11.0 Å². The van der Waals surface area contributed by atoms with E-state index in [9.17, 15) is 0 Å². The van der Waals surface area contributed by atoms with Gasteiger partial charge in [0.25, 0.3) is 0 Å². The highest BCUT2D eigenvalue weighted by molar-refractivity contribution is 5.80. The Morgan fingerprint density at radius 2 is 2.14 bits per heavy atom. The van der Waals surface area contributed by atoms with Crippen molar-refractivity contribution in [3.63, 3.8) is 0 Å². The van der Waals surface area contributed by atoms with Gasteiger partial charge in [0.15, 0.2) is 0 Å². The Kier molecular flexibility index (Phi) is 2.68. The van der Waals surface area contributed by atoms with Crippen LogP contribution >= 0.6 is 0 Å². The smallest absolute Gasteiger partial charge is 0.134 e. The Morgan fingerprint density at radius 3 is 3.00 bits per heavy atom. The van der Waals surface area contributed by atoms with Gasteiger partial charge in [0.05, 0.1) is 6.26 Å². The molecular weight excluding hydrogens is 172 g/mol. The van der Waals surface area contributed by atoms with Crippen molar-refractivity contribution in [1.82, 2.24) is 0 Å². The van der Waals surface area contributed by atoms with Gasteiger partial charge in [-0.25, -0.2) is 0 Å². The third-order valence-corrected chi connectivity index (χ3v) is 2.26. The van der Waals surface area contributed by atoms with Gasteiger partial charge in [-0.05, 0) is 37.5 Å². The molecule has 0 aliphatic carbocycles. The Bertz CT molecular complexity index is 437. The highest BCUT2D eigenvalue weighted by atomic mass is 16.3. The first kappa shape index (κ1) is 9.07. The summed E-state index contributed by atoms with van der Waals surface area (Å²) in [4.78, 5) is 0. The van der Waals surface area contributed by atoms with Crippen molar-refractivity contribution >= 4 is 11.0 Å². The van der Waals surface area contributed by atoms with E-state index in [1.54, 1.807) is 6.26 Å². The zero-order valence-corrected chi connectivity index (χ0v) is 8.07. The van der Waals surface area contributed by atoms with Crippen LogP contribution in [-0.2, 0) is 6.42 Å². The van der Waals surface area contributed by atoms with E-state index in [0.29, 0.717) is 0 Å². The van der Waals surface area contributed by atoms with Crippen LogP contribution in [0.4, 0.5) is 0 Å². The summed E-state index contributed by atoms with van der Waals surface area (Å²) in [6.07, 6.45) is 7.76. The zero-order chi connectivity index (χ0) is 9.80. The monoisotopic (exact) mass is 185 g/mol. The average molecular weight is 185 g/mol. The predicted octanol–water partition coefficient (Wildman–Crippen LogP) is 3.76. The molecule has 1 heterocycles. The summed E-state index contributed by atoms with van der Waals surface area (Å²) in [5.74, 6) is 0. The third-order valence-electron chi connectivity index (χ3n) is 2.26. The van der Waals surface area contributed by atoms with Crippen LogP contribution < -0.4 is 0 Å². The van der Waals surface area contributed by atoms with E-state index in [0.717, 1.165) is 18.4 Å². The van der Waals surface area contributed by atoms with Crippen molar-refractivity contribution in [3.05, 3.63) is 55.2 Å². The van der Waals surface area contributed by atoms with Crippen LogP contribution in [0.15, 0.2) is 47.1 Å². The lowest BCUT2D eigenvalue weighted by Gasteiger charge is -1.97. The molecule has 0 aliphatic heterocycles. The standard InChI is InChI=1S/C13H13O/c1-2-3-4-6-11-7-5-8-13-12(11)9-10-14-13/h3-5,7-10H,1-2,6H2. The molecule has 14 heavy (non-hydrogen) atoms. The molecule has 1 nitrogen and oxygen atoms in total. The summed E-state index contributed by atoms with van der Waals surface area (Å²) in [7, 11) is 0. The topological polar surface area (TPSA) is 13.1 Å². The summed E-state index contributed by atoms with van der Waals surface area (Å²) >= 11 is 0. The quantitative estimate of drug-likeness (QED) is 0.663. The maximum atomic E-state index is 5.33. The van der Waals surface area contributed by atoms with Crippen LogP contribution in [0.5, 0.6) is 0 Å². The Balaban J connectivity index is 2.32. The second-order valence-corrected chi connectivity index (χ2v) is 3.21. The van der Waals surface area contributed by atoms with Gasteiger partial charge in [-0.1, -0.05) is 24.3 Å². The van der Waals surface area contributed by atoms with E-state index in [2.05, 4.69) is 25.1 Å². The summed E-state index contributed by atoms with van der Waals surface area (Å²) in [5.41, 5.74) is 2.27. The van der Waals surface area contributed by atoms with Crippen molar-refractivity contribution in [3.8, 4) is 0 Å². The van der Waals surface area contributed by atoms with Crippen LogP contribution in [0.3, 0.4) is 0 Å². The molecule has 0 spiro atoms. The molecule has 1 heteroatoms. The fourth-order valence-electron chi connectivity index (χ4n) is 1.56. The van der Waals surface area contributed by atoms with E-state index in [4.69, 9.17) is 4.42 Å². The molecule has 0 saturated heterocycles. The highest BCUT2D eigenvalue weighted by Gasteiger charge is 2.00. The molecule has 0 saturated carbocycles. The number of hydrogen-bond donors (Lipinski definition) is 0. The van der Waals surface area contributed by atoms with Gasteiger partial charge in [-0.15, -0.1) is 0 Å². The maximum Gasteiger partial charge on any atom is 0.134 e. The molecule has 1 radical (unpaired) electrons. The lowest BCUT2D eigenvalue weighted by atomic mass is 10.1. The second kappa shape index (κ2) is 4.14. The summed E-state index contributed by atoms with van der Waals surface area (Å²) in [6.45, 7) is 3.76.